The summed E-state index contributed by atoms with van der Waals surface area (Å²) in [5.74, 6) is -0.120. The van der Waals surface area contributed by atoms with Crippen molar-refractivity contribution in [2.24, 2.45) is 5.73 Å². The summed E-state index contributed by atoms with van der Waals surface area (Å²) < 4.78 is 0. The van der Waals surface area contributed by atoms with E-state index in [1.54, 1.807) is 0 Å². The number of hydrogen-bond donors (Lipinski definition) is 3. The first-order valence-corrected chi connectivity index (χ1v) is 7.35. The van der Waals surface area contributed by atoms with Gasteiger partial charge in [-0.1, -0.05) is 30.3 Å². The third-order valence-corrected chi connectivity index (χ3v) is 3.03. The van der Waals surface area contributed by atoms with Crippen molar-refractivity contribution in [2.45, 2.75) is 45.2 Å². The molecule has 0 saturated carbocycles. The Kier molecular flexibility index (Phi) is 7.46. The Morgan fingerprint density at radius 3 is 2.38 bits per heavy atom. The first-order valence-electron chi connectivity index (χ1n) is 7.35. The normalized spacial score (nSPS) is 12.0. The quantitative estimate of drug-likeness (QED) is 0.678. The zero-order valence-electron chi connectivity index (χ0n) is 12.8. The molecule has 1 aromatic carbocycles. The number of nitrogens with two attached hydrogens (primary N) is 1. The Bertz CT molecular complexity index is 446. The zero-order valence-corrected chi connectivity index (χ0v) is 12.8. The molecule has 0 saturated heterocycles. The van der Waals surface area contributed by atoms with E-state index >= 15 is 0 Å². The van der Waals surface area contributed by atoms with Gasteiger partial charge in [0.1, 0.15) is 0 Å². The van der Waals surface area contributed by atoms with Gasteiger partial charge < -0.3 is 16.4 Å². The predicted molar refractivity (Wildman–Crippen MR) is 83.5 cm³/mol. The SMILES string of the molecule is CC(C)NC(=O)CCNC(=O)CCC(N)c1ccccc1. The lowest BCUT2D eigenvalue weighted by atomic mass is 10.0. The monoisotopic (exact) mass is 291 g/mol. The Balaban J connectivity index is 2.18. The van der Waals surface area contributed by atoms with Gasteiger partial charge in [0.2, 0.25) is 11.8 Å². The van der Waals surface area contributed by atoms with Gasteiger partial charge in [0, 0.05) is 31.5 Å². The highest BCUT2D eigenvalue weighted by atomic mass is 16.2. The first-order chi connectivity index (χ1) is 9.99. The van der Waals surface area contributed by atoms with E-state index in [1.807, 2.05) is 44.2 Å². The Morgan fingerprint density at radius 2 is 1.76 bits per heavy atom. The molecule has 0 radical (unpaired) electrons. The third-order valence-electron chi connectivity index (χ3n) is 3.03. The number of benzene rings is 1. The predicted octanol–water partition coefficient (Wildman–Crippen LogP) is 1.50. The molecular weight excluding hydrogens is 266 g/mol. The van der Waals surface area contributed by atoms with Gasteiger partial charge in [-0.15, -0.1) is 0 Å². The molecule has 1 atom stereocenters. The number of amides is 2. The van der Waals surface area contributed by atoms with Crippen LogP contribution in [-0.4, -0.2) is 24.4 Å². The molecule has 0 heterocycles. The molecule has 0 aromatic heterocycles. The maximum atomic E-state index is 11.7. The molecule has 5 nitrogen and oxygen atoms in total. The molecule has 1 rings (SSSR count). The van der Waals surface area contributed by atoms with Crippen LogP contribution in [0.5, 0.6) is 0 Å². The fourth-order valence-corrected chi connectivity index (χ4v) is 1.95. The summed E-state index contributed by atoms with van der Waals surface area (Å²) >= 11 is 0. The van der Waals surface area contributed by atoms with E-state index in [9.17, 15) is 9.59 Å². The van der Waals surface area contributed by atoms with E-state index in [-0.39, 0.29) is 23.9 Å². The van der Waals surface area contributed by atoms with Crippen molar-refractivity contribution < 1.29 is 9.59 Å². The lowest BCUT2D eigenvalue weighted by Gasteiger charge is -2.12. The van der Waals surface area contributed by atoms with Gasteiger partial charge in [-0.2, -0.15) is 0 Å². The minimum Gasteiger partial charge on any atom is -0.356 e. The summed E-state index contributed by atoms with van der Waals surface area (Å²) in [5, 5.41) is 5.52. The molecule has 0 aliphatic carbocycles. The molecule has 2 amide bonds. The van der Waals surface area contributed by atoms with Crippen molar-refractivity contribution in [2.75, 3.05) is 6.54 Å². The van der Waals surface area contributed by atoms with Gasteiger partial charge in [-0.25, -0.2) is 0 Å². The molecule has 0 fully saturated rings. The third kappa shape index (κ3) is 7.46. The molecule has 0 spiro atoms. The lowest BCUT2D eigenvalue weighted by Crippen LogP contribution is -2.34. The molecule has 0 aliphatic rings. The smallest absolute Gasteiger partial charge is 0.221 e. The van der Waals surface area contributed by atoms with Crippen LogP contribution in [-0.2, 0) is 9.59 Å². The summed E-state index contributed by atoms with van der Waals surface area (Å²) in [6, 6.07) is 9.70. The minimum absolute atomic E-state index is 0.0497. The van der Waals surface area contributed by atoms with Crippen molar-refractivity contribution >= 4 is 11.8 Å². The van der Waals surface area contributed by atoms with Crippen LogP contribution in [0.2, 0.25) is 0 Å². The molecule has 4 N–H and O–H groups in total. The molecule has 1 unspecified atom stereocenters. The zero-order chi connectivity index (χ0) is 15.7. The summed E-state index contributed by atoms with van der Waals surface area (Å²) in [4.78, 5) is 23.1. The fraction of sp³-hybridized carbons (Fsp3) is 0.500. The van der Waals surface area contributed by atoms with Crippen molar-refractivity contribution in [1.29, 1.82) is 0 Å². The highest BCUT2D eigenvalue weighted by Crippen LogP contribution is 2.14. The molecular formula is C16H25N3O2. The molecule has 5 heteroatoms. The maximum Gasteiger partial charge on any atom is 0.221 e. The van der Waals surface area contributed by atoms with Gasteiger partial charge >= 0.3 is 0 Å². The second-order valence-electron chi connectivity index (χ2n) is 5.38. The number of carbonyl (C=O) groups is 2. The van der Waals surface area contributed by atoms with Crippen LogP contribution in [0, 0.1) is 0 Å². The van der Waals surface area contributed by atoms with Crippen LogP contribution in [0.1, 0.15) is 44.7 Å². The second kappa shape index (κ2) is 9.13. The number of hydrogen-bond acceptors (Lipinski definition) is 3. The first kappa shape index (κ1) is 17.2. The van der Waals surface area contributed by atoms with Gasteiger partial charge in [0.05, 0.1) is 0 Å². The van der Waals surface area contributed by atoms with Crippen molar-refractivity contribution in [3.63, 3.8) is 0 Å². The highest BCUT2D eigenvalue weighted by molar-refractivity contribution is 5.79. The standard InChI is InChI=1S/C16H25N3O2/c1-12(2)19-16(21)10-11-18-15(20)9-8-14(17)13-6-4-3-5-7-13/h3-7,12,14H,8-11,17H2,1-2H3,(H,18,20)(H,19,21). The van der Waals surface area contributed by atoms with Crippen LogP contribution in [0.25, 0.3) is 0 Å². The number of carbonyl (C=O) groups excluding carboxylic acids is 2. The van der Waals surface area contributed by atoms with E-state index in [0.29, 0.717) is 25.8 Å². The van der Waals surface area contributed by atoms with Gasteiger partial charge in [0.25, 0.3) is 0 Å². The van der Waals surface area contributed by atoms with E-state index in [1.165, 1.54) is 0 Å². The van der Waals surface area contributed by atoms with Crippen LogP contribution >= 0.6 is 0 Å². The minimum atomic E-state index is -0.138. The van der Waals surface area contributed by atoms with Gasteiger partial charge in [-0.3, -0.25) is 9.59 Å². The number of nitrogens with one attached hydrogen (secondary N) is 2. The average Bonchev–Trinajstić information content (AvgIpc) is 2.45. The Hall–Kier alpha value is -1.88. The fourth-order valence-electron chi connectivity index (χ4n) is 1.95. The Morgan fingerprint density at radius 1 is 1.10 bits per heavy atom. The largest absolute Gasteiger partial charge is 0.356 e. The van der Waals surface area contributed by atoms with Crippen molar-refractivity contribution in [3.8, 4) is 0 Å². The van der Waals surface area contributed by atoms with E-state index in [2.05, 4.69) is 10.6 Å². The van der Waals surface area contributed by atoms with Gasteiger partial charge in [0.15, 0.2) is 0 Å². The second-order valence-corrected chi connectivity index (χ2v) is 5.38. The molecule has 0 bridgehead atoms. The van der Waals surface area contributed by atoms with Crippen LogP contribution in [0.15, 0.2) is 30.3 Å². The highest BCUT2D eigenvalue weighted by Gasteiger charge is 2.09. The van der Waals surface area contributed by atoms with E-state index < -0.39 is 0 Å². The topological polar surface area (TPSA) is 84.2 Å². The summed E-state index contributed by atoms with van der Waals surface area (Å²) in [6.07, 6.45) is 1.25. The van der Waals surface area contributed by atoms with Crippen molar-refractivity contribution in [3.05, 3.63) is 35.9 Å². The van der Waals surface area contributed by atoms with Crippen LogP contribution in [0.4, 0.5) is 0 Å². The van der Waals surface area contributed by atoms with E-state index in [0.717, 1.165) is 5.56 Å². The van der Waals surface area contributed by atoms with Gasteiger partial charge in [-0.05, 0) is 25.8 Å². The van der Waals surface area contributed by atoms with Crippen LogP contribution in [0.3, 0.4) is 0 Å². The Labute approximate surface area is 126 Å². The lowest BCUT2D eigenvalue weighted by molar-refractivity contribution is -0.122. The molecule has 0 aliphatic heterocycles. The van der Waals surface area contributed by atoms with Crippen LogP contribution < -0.4 is 16.4 Å². The van der Waals surface area contributed by atoms with E-state index in [4.69, 9.17) is 5.73 Å². The molecule has 116 valence electrons. The van der Waals surface area contributed by atoms with Crippen molar-refractivity contribution in [1.82, 2.24) is 10.6 Å². The number of rotatable bonds is 8. The average molecular weight is 291 g/mol. The molecule has 1 aromatic rings. The summed E-state index contributed by atoms with van der Waals surface area (Å²) in [7, 11) is 0. The summed E-state index contributed by atoms with van der Waals surface area (Å²) in [5.41, 5.74) is 7.06. The maximum absolute atomic E-state index is 11.7. The summed E-state index contributed by atoms with van der Waals surface area (Å²) in [6.45, 7) is 4.17. The molecule has 21 heavy (non-hydrogen) atoms.